The summed E-state index contributed by atoms with van der Waals surface area (Å²) in [6.07, 6.45) is 6.91. The van der Waals surface area contributed by atoms with Crippen LogP contribution < -0.4 is 10.8 Å². The fourth-order valence-electron chi connectivity index (χ4n) is 3.01. The standard InChI is InChI=1S/C20H22ClN5O3/c1-14(27)29-25-20(28)6-5-17-10-23-19(11-22-17)24-18-7-8-26(13-18)12-15-3-2-4-16(21)9-15/h2-6,9-11,18H,7-8,12-13H2,1H3,(H,23,24)(H,25,28)/b6-5+/t18-/m1/s1. The molecule has 1 fully saturated rings. The third kappa shape index (κ3) is 6.85. The van der Waals surface area contributed by atoms with E-state index in [9.17, 15) is 9.59 Å². The summed E-state index contributed by atoms with van der Waals surface area (Å²) in [5.74, 6) is -0.476. The molecular weight excluding hydrogens is 394 g/mol. The normalized spacial score (nSPS) is 16.7. The molecule has 0 aliphatic carbocycles. The molecule has 2 heterocycles. The zero-order chi connectivity index (χ0) is 20.6. The first kappa shape index (κ1) is 20.8. The second-order valence-corrected chi connectivity index (χ2v) is 7.15. The largest absolute Gasteiger partial charge is 0.365 e. The Bertz CT molecular complexity index is 888. The third-order valence-corrected chi connectivity index (χ3v) is 4.53. The zero-order valence-electron chi connectivity index (χ0n) is 16.0. The van der Waals surface area contributed by atoms with Gasteiger partial charge in [0, 0.05) is 43.7 Å². The van der Waals surface area contributed by atoms with Crippen LogP contribution >= 0.6 is 11.6 Å². The van der Waals surface area contributed by atoms with Gasteiger partial charge in [0.2, 0.25) is 0 Å². The van der Waals surface area contributed by atoms with Gasteiger partial charge in [-0.3, -0.25) is 19.5 Å². The van der Waals surface area contributed by atoms with Crippen molar-refractivity contribution in [2.24, 2.45) is 0 Å². The number of anilines is 1. The number of hydrogen-bond donors (Lipinski definition) is 2. The Labute approximate surface area is 173 Å². The molecule has 1 saturated heterocycles. The number of amides is 1. The fourth-order valence-corrected chi connectivity index (χ4v) is 3.23. The average molecular weight is 416 g/mol. The van der Waals surface area contributed by atoms with Gasteiger partial charge in [-0.05, 0) is 30.2 Å². The number of nitrogens with zero attached hydrogens (tertiary/aromatic N) is 3. The molecule has 2 aromatic rings. The van der Waals surface area contributed by atoms with E-state index in [1.165, 1.54) is 24.6 Å². The molecule has 1 atom stereocenters. The Morgan fingerprint density at radius 1 is 1.34 bits per heavy atom. The quantitative estimate of drug-likeness (QED) is 0.552. The minimum absolute atomic E-state index is 0.291. The number of carbonyl (C=O) groups excluding carboxylic acids is 2. The van der Waals surface area contributed by atoms with Crippen molar-refractivity contribution < 1.29 is 14.4 Å². The monoisotopic (exact) mass is 415 g/mol. The lowest BCUT2D eigenvalue weighted by atomic mass is 10.2. The summed E-state index contributed by atoms with van der Waals surface area (Å²) in [5.41, 5.74) is 3.71. The molecule has 152 valence electrons. The van der Waals surface area contributed by atoms with E-state index < -0.39 is 11.9 Å². The molecule has 0 saturated carbocycles. The van der Waals surface area contributed by atoms with E-state index in [1.54, 1.807) is 12.4 Å². The lowest BCUT2D eigenvalue weighted by Gasteiger charge is -2.17. The first-order valence-corrected chi connectivity index (χ1v) is 9.56. The second-order valence-electron chi connectivity index (χ2n) is 6.71. The maximum Gasteiger partial charge on any atom is 0.329 e. The maximum absolute atomic E-state index is 11.5. The Morgan fingerprint density at radius 2 is 2.21 bits per heavy atom. The van der Waals surface area contributed by atoms with Crippen molar-refractivity contribution in [2.75, 3.05) is 18.4 Å². The number of benzene rings is 1. The van der Waals surface area contributed by atoms with Gasteiger partial charge in [0.1, 0.15) is 5.82 Å². The minimum Gasteiger partial charge on any atom is -0.365 e. The number of carbonyl (C=O) groups is 2. The highest BCUT2D eigenvalue weighted by molar-refractivity contribution is 6.30. The van der Waals surface area contributed by atoms with Crippen LogP contribution in [0.15, 0.2) is 42.7 Å². The van der Waals surface area contributed by atoms with E-state index in [4.69, 9.17) is 11.6 Å². The predicted octanol–water partition coefficient (Wildman–Crippen LogP) is 2.42. The number of hydrogen-bond acceptors (Lipinski definition) is 7. The van der Waals surface area contributed by atoms with Crippen LogP contribution in [0.3, 0.4) is 0 Å². The van der Waals surface area contributed by atoms with Gasteiger partial charge in [-0.2, -0.15) is 5.48 Å². The van der Waals surface area contributed by atoms with Crippen LogP contribution in [0.1, 0.15) is 24.6 Å². The Balaban J connectivity index is 1.46. The smallest absolute Gasteiger partial charge is 0.329 e. The maximum atomic E-state index is 11.5. The molecular formula is C20H22ClN5O3. The van der Waals surface area contributed by atoms with Crippen LogP contribution in [0.4, 0.5) is 5.82 Å². The van der Waals surface area contributed by atoms with Crippen molar-refractivity contribution in [1.29, 1.82) is 0 Å². The summed E-state index contributed by atoms with van der Waals surface area (Å²) in [6.45, 7) is 3.97. The molecule has 9 heteroatoms. The Hall–Kier alpha value is -2.97. The molecule has 1 aliphatic rings. The molecule has 1 aromatic heterocycles. The molecule has 3 rings (SSSR count). The summed E-state index contributed by atoms with van der Waals surface area (Å²) < 4.78 is 0. The van der Waals surface area contributed by atoms with Gasteiger partial charge in [-0.15, -0.1) is 0 Å². The van der Waals surface area contributed by atoms with Gasteiger partial charge < -0.3 is 10.2 Å². The highest BCUT2D eigenvalue weighted by Gasteiger charge is 2.22. The number of nitrogens with one attached hydrogen (secondary N) is 2. The SMILES string of the molecule is CC(=O)ONC(=O)/C=C/c1cnc(N[C@@H]2CCN(Cc3cccc(Cl)c3)C2)cn1. The molecule has 0 radical (unpaired) electrons. The first-order chi connectivity index (χ1) is 14.0. The summed E-state index contributed by atoms with van der Waals surface area (Å²) in [7, 11) is 0. The van der Waals surface area contributed by atoms with E-state index in [-0.39, 0.29) is 0 Å². The minimum atomic E-state index is -0.597. The summed E-state index contributed by atoms with van der Waals surface area (Å²) in [6, 6.07) is 8.21. The van der Waals surface area contributed by atoms with Crippen LogP contribution in [0.5, 0.6) is 0 Å². The van der Waals surface area contributed by atoms with E-state index in [0.29, 0.717) is 17.6 Å². The van der Waals surface area contributed by atoms with Gasteiger partial charge in [-0.25, -0.2) is 4.98 Å². The van der Waals surface area contributed by atoms with E-state index in [1.807, 2.05) is 23.7 Å². The number of hydroxylamine groups is 1. The molecule has 0 unspecified atom stereocenters. The Kier molecular flexibility index (Phi) is 7.15. The number of halogens is 1. The van der Waals surface area contributed by atoms with Crippen LogP contribution in [0.2, 0.25) is 5.02 Å². The third-order valence-electron chi connectivity index (χ3n) is 4.29. The van der Waals surface area contributed by atoms with Crippen molar-refractivity contribution in [3.63, 3.8) is 0 Å². The van der Waals surface area contributed by atoms with Crippen molar-refractivity contribution in [1.82, 2.24) is 20.3 Å². The van der Waals surface area contributed by atoms with Gasteiger partial charge >= 0.3 is 5.97 Å². The average Bonchev–Trinajstić information content (AvgIpc) is 3.12. The predicted molar refractivity (Wildman–Crippen MR) is 110 cm³/mol. The highest BCUT2D eigenvalue weighted by Crippen LogP contribution is 2.18. The molecule has 1 aromatic carbocycles. The van der Waals surface area contributed by atoms with Crippen molar-refractivity contribution in [2.45, 2.75) is 25.9 Å². The lowest BCUT2D eigenvalue weighted by molar-refractivity contribution is -0.154. The van der Waals surface area contributed by atoms with E-state index >= 15 is 0 Å². The lowest BCUT2D eigenvalue weighted by Crippen LogP contribution is -2.26. The molecule has 1 amide bonds. The topological polar surface area (TPSA) is 96.4 Å². The van der Waals surface area contributed by atoms with Crippen molar-refractivity contribution in [3.05, 3.63) is 59.0 Å². The molecule has 8 nitrogen and oxygen atoms in total. The van der Waals surface area contributed by atoms with Gasteiger partial charge in [-0.1, -0.05) is 23.7 Å². The van der Waals surface area contributed by atoms with E-state index in [2.05, 4.69) is 31.1 Å². The highest BCUT2D eigenvalue weighted by atomic mass is 35.5. The van der Waals surface area contributed by atoms with Gasteiger partial charge in [0.25, 0.3) is 5.91 Å². The number of aromatic nitrogens is 2. The summed E-state index contributed by atoms with van der Waals surface area (Å²) >= 11 is 6.05. The fraction of sp³-hybridized carbons (Fsp3) is 0.300. The Morgan fingerprint density at radius 3 is 2.93 bits per heavy atom. The summed E-state index contributed by atoms with van der Waals surface area (Å²) in [4.78, 5) is 37.4. The van der Waals surface area contributed by atoms with E-state index in [0.717, 1.165) is 31.1 Å². The molecule has 0 bridgehead atoms. The molecule has 2 N–H and O–H groups in total. The number of likely N-dealkylation sites (tertiary alicyclic amines) is 1. The van der Waals surface area contributed by atoms with Crippen molar-refractivity contribution >= 4 is 35.4 Å². The zero-order valence-corrected chi connectivity index (χ0v) is 16.7. The first-order valence-electron chi connectivity index (χ1n) is 9.19. The van der Waals surface area contributed by atoms with Crippen LogP contribution in [0, 0.1) is 0 Å². The summed E-state index contributed by atoms with van der Waals surface area (Å²) in [5, 5.41) is 4.14. The molecule has 0 spiro atoms. The van der Waals surface area contributed by atoms with Crippen LogP contribution in [0.25, 0.3) is 6.08 Å². The van der Waals surface area contributed by atoms with Crippen LogP contribution in [-0.2, 0) is 21.0 Å². The number of rotatable bonds is 6. The van der Waals surface area contributed by atoms with Gasteiger partial charge in [0.15, 0.2) is 0 Å². The van der Waals surface area contributed by atoms with Crippen molar-refractivity contribution in [3.8, 4) is 0 Å². The molecule has 29 heavy (non-hydrogen) atoms. The molecule has 1 aliphatic heterocycles. The second kappa shape index (κ2) is 9.99. The van der Waals surface area contributed by atoms with Crippen LogP contribution in [-0.4, -0.2) is 45.9 Å². The van der Waals surface area contributed by atoms with Gasteiger partial charge in [0.05, 0.1) is 18.1 Å².